The molecule has 0 saturated carbocycles. The maximum absolute atomic E-state index is 3.85. The molecule has 2 fully saturated rings. The van der Waals surface area contributed by atoms with Gasteiger partial charge in [0.15, 0.2) is 0 Å². The fraction of sp³-hybridized carbons (Fsp3) is 0.882. The zero-order valence-corrected chi connectivity index (χ0v) is 12.2. The van der Waals surface area contributed by atoms with Crippen LogP contribution in [0, 0.1) is 0 Å². The van der Waals surface area contributed by atoms with Crippen LogP contribution in [-0.4, -0.2) is 23.0 Å². The fourth-order valence-electron chi connectivity index (χ4n) is 4.13. The quantitative estimate of drug-likeness (QED) is 0.457. The predicted molar refractivity (Wildman–Crippen MR) is 79.9 cm³/mol. The number of piperidine rings is 1. The summed E-state index contributed by atoms with van der Waals surface area (Å²) in [5.41, 5.74) is 0. The topological polar surface area (TPSA) is 3.24 Å². The van der Waals surface area contributed by atoms with Gasteiger partial charge in [0.25, 0.3) is 0 Å². The van der Waals surface area contributed by atoms with Gasteiger partial charge in [-0.15, -0.1) is 6.58 Å². The molecule has 2 aliphatic heterocycles. The minimum absolute atomic E-state index is 0.896. The lowest BCUT2D eigenvalue weighted by Gasteiger charge is -2.41. The highest BCUT2D eigenvalue weighted by molar-refractivity contribution is 4.95. The van der Waals surface area contributed by atoms with Gasteiger partial charge in [-0.3, -0.25) is 4.90 Å². The molecular formula is C17H31N. The number of rotatable bonds is 7. The monoisotopic (exact) mass is 249 g/mol. The van der Waals surface area contributed by atoms with E-state index in [2.05, 4.69) is 24.5 Å². The standard InChI is InChI=1S/C17H31N/c1-3-5-7-10-15-11-8-12-17-14-13-16(18(15)17)9-6-4-2/h3,15-17H,1,4-14H2,2H3/t15-,16-,17+/m0/s1. The van der Waals surface area contributed by atoms with Crippen molar-refractivity contribution in [2.45, 2.75) is 95.7 Å². The van der Waals surface area contributed by atoms with Crippen LogP contribution in [0.5, 0.6) is 0 Å². The van der Waals surface area contributed by atoms with E-state index in [-0.39, 0.29) is 0 Å². The summed E-state index contributed by atoms with van der Waals surface area (Å²) in [6.45, 7) is 6.18. The average Bonchev–Trinajstić information content (AvgIpc) is 2.81. The highest BCUT2D eigenvalue weighted by Gasteiger charge is 2.39. The highest BCUT2D eigenvalue weighted by Crippen LogP contribution is 2.38. The van der Waals surface area contributed by atoms with Crippen molar-refractivity contribution in [2.24, 2.45) is 0 Å². The van der Waals surface area contributed by atoms with E-state index in [1.165, 1.54) is 70.6 Å². The molecule has 18 heavy (non-hydrogen) atoms. The maximum atomic E-state index is 3.85. The van der Waals surface area contributed by atoms with E-state index >= 15 is 0 Å². The van der Waals surface area contributed by atoms with Gasteiger partial charge in [0, 0.05) is 18.1 Å². The largest absolute Gasteiger partial charge is 0.294 e. The Morgan fingerprint density at radius 2 is 1.83 bits per heavy atom. The molecule has 0 bridgehead atoms. The lowest BCUT2D eigenvalue weighted by Crippen LogP contribution is -2.47. The van der Waals surface area contributed by atoms with Gasteiger partial charge < -0.3 is 0 Å². The Morgan fingerprint density at radius 3 is 2.61 bits per heavy atom. The van der Waals surface area contributed by atoms with E-state index in [9.17, 15) is 0 Å². The normalized spacial score (nSPS) is 32.4. The van der Waals surface area contributed by atoms with Gasteiger partial charge in [-0.2, -0.15) is 0 Å². The Hall–Kier alpha value is -0.300. The fourth-order valence-corrected chi connectivity index (χ4v) is 4.13. The second kappa shape index (κ2) is 7.33. The van der Waals surface area contributed by atoms with Gasteiger partial charge >= 0.3 is 0 Å². The predicted octanol–water partition coefficient (Wildman–Crippen LogP) is 4.92. The summed E-state index contributed by atoms with van der Waals surface area (Å²) in [4.78, 5) is 2.95. The molecule has 0 spiro atoms. The molecule has 0 aromatic rings. The van der Waals surface area contributed by atoms with Crippen LogP contribution in [0.3, 0.4) is 0 Å². The molecule has 2 heterocycles. The molecule has 3 atom stereocenters. The van der Waals surface area contributed by atoms with Crippen LogP contribution < -0.4 is 0 Å². The first kappa shape index (κ1) is 14.1. The lowest BCUT2D eigenvalue weighted by atomic mass is 9.92. The number of hydrogen-bond donors (Lipinski definition) is 0. The van der Waals surface area contributed by atoms with Crippen molar-refractivity contribution in [1.29, 1.82) is 0 Å². The summed E-state index contributed by atoms with van der Waals surface area (Å²) in [5, 5.41) is 0. The molecular weight excluding hydrogens is 218 g/mol. The average molecular weight is 249 g/mol. The molecule has 0 amide bonds. The Morgan fingerprint density at radius 1 is 1.06 bits per heavy atom. The summed E-state index contributed by atoms with van der Waals surface area (Å²) in [6.07, 6.45) is 17.6. The maximum Gasteiger partial charge on any atom is 0.0102 e. The van der Waals surface area contributed by atoms with Crippen molar-refractivity contribution < 1.29 is 0 Å². The number of nitrogens with zero attached hydrogens (tertiary/aromatic N) is 1. The third-order valence-corrected chi connectivity index (χ3v) is 5.01. The summed E-state index contributed by atoms with van der Waals surface area (Å²) in [7, 11) is 0. The van der Waals surface area contributed by atoms with E-state index in [0.29, 0.717) is 0 Å². The minimum Gasteiger partial charge on any atom is -0.294 e. The second-order valence-corrected chi connectivity index (χ2v) is 6.28. The van der Waals surface area contributed by atoms with Gasteiger partial charge in [-0.05, 0) is 51.4 Å². The molecule has 0 N–H and O–H groups in total. The molecule has 2 aliphatic rings. The SMILES string of the molecule is C=CCCC[C@H]1CCC[C@@H]2CC[C@H](CCCC)N12. The van der Waals surface area contributed by atoms with Gasteiger partial charge in [0.05, 0.1) is 0 Å². The van der Waals surface area contributed by atoms with Crippen molar-refractivity contribution >= 4 is 0 Å². The van der Waals surface area contributed by atoms with Gasteiger partial charge in [-0.25, -0.2) is 0 Å². The Labute approximate surface area is 114 Å². The molecule has 2 rings (SSSR count). The minimum atomic E-state index is 0.896. The van der Waals surface area contributed by atoms with Crippen molar-refractivity contribution in [1.82, 2.24) is 4.90 Å². The number of unbranched alkanes of at least 4 members (excludes halogenated alkanes) is 2. The number of fused-ring (bicyclic) bond motifs is 1. The van der Waals surface area contributed by atoms with E-state index in [4.69, 9.17) is 0 Å². The first-order chi connectivity index (χ1) is 8.86. The van der Waals surface area contributed by atoms with Gasteiger partial charge in [0.2, 0.25) is 0 Å². The van der Waals surface area contributed by atoms with Crippen molar-refractivity contribution in [3.63, 3.8) is 0 Å². The van der Waals surface area contributed by atoms with Crippen LogP contribution in [0.2, 0.25) is 0 Å². The molecule has 2 saturated heterocycles. The van der Waals surface area contributed by atoms with Crippen LogP contribution in [0.15, 0.2) is 12.7 Å². The molecule has 0 aliphatic carbocycles. The van der Waals surface area contributed by atoms with Gasteiger partial charge in [0.1, 0.15) is 0 Å². The van der Waals surface area contributed by atoms with Crippen LogP contribution >= 0.6 is 0 Å². The van der Waals surface area contributed by atoms with Crippen molar-refractivity contribution in [2.75, 3.05) is 0 Å². The van der Waals surface area contributed by atoms with Crippen molar-refractivity contribution in [3.05, 3.63) is 12.7 Å². The Balaban J connectivity index is 1.89. The Kier molecular flexibility index (Phi) is 5.75. The molecule has 104 valence electrons. The van der Waals surface area contributed by atoms with Crippen LogP contribution in [0.1, 0.15) is 77.6 Å². The van der Waals surface area contributed by atoms with E-state index < -0.39 is 0 Å². The molecule has 0 radical (unpaired) electrons. The summed E-state index contributed by atoms with van der Waals surface area (Å²) < 4.78 is 0. The number of allylic oxidation sites excluding steroid dienone is 1. The Bertz CT molecular complexity index is 248. The first-order valence-electron chi connectivity index (χ1n) is 8.25. The van der Waals surface area contributed by atoms with Crippen LogP contribution in [-0.2, 0) is 0 Å². The smallest absolute Gasteiger partial charge is 0.0102 e. The molecule has 1 heteroatoms. The number of hydrogen-bond acceptors (Lipinski definition) is 1. The molecule has 0 aromatic heterocycles. The van der Waals surface area contributed by atoms with E-state index in [0.717, 1.165) is 18.1 Å². The van der Waals surface area contributed by atoms with E-state index in [1.807, 2.05) is 0 Å². The van der Waals surface area contributed by atoms with Crippen molar-refractivity contribution in [3.8, 4) is 0 Å². The lowest BCUT2D eigenvalue weighted by molar-refractivity contribution is 0.0709. The van der Waals surface area contributed by atoms with Crippen LogP contribution in [0.25, 0.3) is 0 Å². The summed E-state index contributed by atoms with van der Waals surface area (Å²) in [6, 6.07) is 2.76. The highest BCUT2D eigenvalue weighted by atomic mass is 15.2. The zero-order chi connectivity index (χ0) is 12.8. The molecule has 0 unspecified atom stereocenters. The molecule has 0 aromatic carbocycles. The summed E-state index contributed by atoms with van der Waals surface area (Å²) >= 11 is 0. The zero-order valence-electron chi connectivity index (χ0n) is 12.2. The summed E-state index contributed by atoms with van der Waals surface area (Å²) in [5.74, 6) is 0. The second-order valence-electron chi connectivity index (χ2n) is 6.28. The van der Waals surface area contributed by atoms with E-state index in [1.54, 1.807) is 0 Å². The molecule has 1 nitrogen and oxygen atoms in total. The third-order valence-electron chi connectivity index (χ3n) is 5.01. The first-order valence-corrected chi connectivity index (χ1v) is 8.25. The van der Waals surface area contributed by atoms with Gasteiger partial charge in [-0.1, -0.05) is 32.3 Å². The third kappa shape index (κ3) is 3.38. The van der Waals surface area contributed by atoms with Crippen LogP contribution in [0.4, 0.5) is 0 Å².